The Morgan fingerprint density at radius 1 is 0.619 bits per heavy atom. The molecule has 0 amide bonds. The van der Waals surface area contributed by atoms with Gasteiger partial charge in [-0.2, -0.15) is 15.8 Å². The second-order valence-electron chi connectivity index (χ2n) is 1.42. The molecule has 0 aliphatic rings. The second-order valence-corrected chi connectivity index (χ2v) is 1.42. The second kappa shape index (κ2) is 26.8. The molecule has 0 aromatic carbocycles. The molecule has 16 nitrogen and oxygen atoms in total. The van der Waals surface area contributed by atoms with Crippen LogP contribution >= 0.6 is 0 Å². The third-order valence-electron chi connectivity index (χ3n) is 0.306. The first-order chi connectivity index (χ1) is 9.08. The smallest absolute Gasteiger partial charge is 0.537 e. The van der Waals surface area contributed by atoms with Crippen LogP contribution in [0.3, 0.4) is 0 Å². The molecule has 21 heavy (non-hydrogen) atoms. The third kappa shape index (κ3) is 123. The van der Waals surface area contributed by atoms with Crippen molar-refractivity contribution in [3.8, 4) is 0 Å². The van der Waals surface area contributed by atoms with Gasteiger partial charge in [-0.1, -0.05) is 0 Å². The molecule has 0 atom stereocenters. The third-order valence-corrected chi connectivity index (χ3v) is 0.306. The zero-order valence-electron chi connectivity index (χ0n) is 9.30. The van der Waals surface area contributed by atoms with E-state index in [-0.39, 0.29) is 41.7 Å². The SMILES string of the molecule is O=C(O)OO.O=C(O)OO.O=C(O)OO.O=C(O)O[O-].[Ce]. The fraction of sp³-hybridized carbons (Fsp3) is 0. The molecule has 0 unspecified atom stereocenters. The molecule has 0 heterocycles. The predicted octanol–water partition coefficient (Wildman–Crippen LogP) is -0.582. The van der Waals surface area contributed by atoms with E-state index < -0.39 is 24.6 Å². The van der Waals surface area contributed by atoms with Gasteiger partial charge in [-0.3, -0.25) is 14.7 Å². The maximum atomic E-state index is 8.90. The zero-order valence-corrected chi connectivity index (χ0v) is 12.4. The first kappa shape index (κ1) is 31.6. The van der Waals surface area contributed by atoms with Crippen molar-refractivity contribution in [3.63, 3.8) is 0 Å². The Morgan fingerprint density at radius 3 is 0.714 bits per heavy atom. The summed E-state index contributed by atoms with van der Waals surface area (Å²) in [5.41, 5.74) is 0. The largest absolute Gasteiger partial charge is 0.659 e. The van der Waals surface area contributed by atoms with E-state index in [4.69, 9.17) is 60.6 Å². The van der Waals surface area contributed by atoms with Crippen LogP contribution in [0.2, 0.25) is 0 Å². The number of rotatable bonds is 0. The fourth-order valence-electron chi connectivity index (χ4n) is 0. The Hall–Kier alpha value is -1.70. The van der Waals surface area contributed by atoms with Crippen LogP contribution in [-0.2, 0) is 19.6 Å². The van der Waals surface area contributed by atoms with Crippen LogP contribution in [0.5, 0.6) is 0 Å². The minimum atomic E-state index is -1.80. The van der Waals surface area contributed by atoms with Crippen LogP contribution in [0.15, 0.2) is 0 Å². The summed E-state index contributed by atoms with van der Waals surface area (Å²) in [5.74, 6) is 0. The van der Waals surface area contributed by atoms with E-state index in [1.807, 2.05) is 0 Å². The summed E-state index contributed by atoms with van der Waals surface area (Å²) in [7, 11) is 0. The number of carboxylic acid groups (broad SMARTS) is 4. The molecule has 0 bridgehead atoms. The number of hydrogen-bond acceptors (Lipinski definition) is 12. The van der Waals surface area contributed by atoms with Crippen molar-refractivity contribution in [3.05, 3.63) is 0 Å². The Kier molecular flexibility index (Phi) is 40.3. The van der Waals surface area contributed by atoms with Crippen LogP contribution in [0.1, 0.15) is 0 Å². The van der Waals surface area contributed by atoms with Gasteiger partial charge in [-0.05, 0) is 0 Å². The van der Waals surface area contributed by atoms with Crippen LogP contribution < -0.4 is 5.26 Å². The summed E-state index contributed by atoms with van der Waals surface area (Å²) in [6.07, 6.45) is -6.87. The summed E-state index contributed by atoms with van der Waals surface area (Å²) in [6.45, 7) is 0. The molecule has 0 rings (SSSR count). The Bertz CT molecular complexity index is 217. The summed E-state index contributed by atoms with van der Waals surface area (Å²) >= 11 is 0. The van der Waals surface area contributed by atoms with Gasteiger partial charge in [-0.15, -0.1) is 0 Å². The molecule has 0 spiro atoms. The van der Waals surface area contributed by atoms with Gasteiger partial charge in [-0.25, -0.2) is 19.2 Å². The fourth-order valence-corrected chi connectivity index (χ4v) is 0. The van der Waals surface area contributed by atoms with E-state index in [9.17, 15) is 0 Å². The molecule has 0 saturated carbocycles. The van der Waals surface area contributed by atoms with E-state index in [1.165, 1.54) is 0 Å². The average Bonchev–Trinajstić information content (AvgIpc) is 2.40. The summed E-state index contributed by atoms with van der Waals surface area (Å²) < 4.78 is 0. The Morgan fingerprint density at radius 2 is 0.714 bits per heavy atom. The quantitative estimate of drug-likeness (QED) is 0.138. The molecule has 0 aromatic heterocycles. The van der Waals surface area contributed by atoms with Crippen molar-refractivity contribution in [2.45, 2.75) is 0 Å². The van der Waals surface area contributed by atoms with E-state index in [0.29, 0.717) is 0 Å². The van der Waals surface area contributed by atoms with Gasteiger partial charge in [0, 0.05) is 41.7 Å². The standard InChI is InChI=1S/4CH2O4.Ce/c4*2-1(3)5-4;/h4*4H,(H,2,3);/p-1. The van der Waals surface area contributed by atoms with E-state index in [1.54, 1.807) is 0 Å². The zero-order chi connectivity index (χ0) is 17.1. The van der Waals surface area contributed by atoms with Crippen molar-refractivity contribution >= 4 is 24.6 Å². The Balaban J connectivity index is -0.0000000533. The van der Waals surface area contributed by atoms with Crippen molar-refractivity contribution in [1.29, 1.82) is 0 Å². The van der Waals surface area contributed by atoms with Gasteiger partial charge < -0.3 is 30.6 Å². The maximum absolute atomic E-state index is 8.90. The first-order valence-corrected chi connectivity index (χ1v) is 3.24. The van der Waals surface area contributed by atoms with E-state index >= 15 is 0 Å². The van der Waals surface area contributed by atoms with E-state index in [2.05, 4.69) is 19.6 Å². The minimum Gasteiger partial charge on any atom is -0.659 e. The van der Waals surface area contributed by atoms with Crippen molar-refractivity contribution in [2.24, 2.45) is 0 Å². The van der Waals surface area contributed by atoms with Gasteiger partial charge >= 0.3 is 24.6 Å². The number of carbonyl (C=O) groups is 4. The molecule has 7 N–H and O–H groups in total. The molecule has 0 aromatic rings. The molecule has 0 fully saturated rings. The van der Waals surface area contributed by atoms with Crippen molar-refractivity contribution < 1.29 is 122 Å². The minimum absolute atomic E-state index is 0. The summed E-state index contributed by atoms with van der Waals surface area (Å²) in [4.78, 5) is 45.9. The summed E-state index contributed by atoms with van der Waals surface area (Å²) in [5, 5.41) is 58.6. The molecular formula is C4H7CeO16-. The molecular weight excluding hydrogens is 444 g/mol. The average molecular weight is 451 g/mol. The van der Waals surface area contributed by atoms with Gasteiger partial charge in [0.2, 0.25) is 0 Å². The summed E-state index contributed by atoms with van der Waals surface area (Å²) in [6, 6.07) is 0. The molecule has 0 radical (unpaired) electrons. The van der Waals surface area contributed by atoms with Gasteiger partial charge in [0.05, 0.1) is 0 Å². The van der Waals surface area contributed by atoms with Crippen molar-refractivity contribution in [1.82, 2.24) is 0 Å². The predicted molar refractivity (Wildman–Crippen MR) is 44.3 cm³/mol. The molecule has 0 aliphatic heterocycles. The Labute approximate surface area is 146 Å². The molecule has 17 heteroatoms. The van der Waals surface area contributed by atoms with Crippen LogP contribution in [0, 0.1) is 41.7 Å². The molecule has 0 aliphatic carbocycles. The van der Waals surface area contributed by atoms with Crippen LogP contribution in [0.25, 0.3) is 0 Å². The number of hydrogen-bond donors (Lipinski definition) is 7. The normalized spacial score (nSPS) is 6.29. The van der Waals surface area contributed by atoms with Gasteiger partial charge in [0.1, 0.15) is 0 Å². The maximum Gasteiger partial charge on any atom is 0.537 e. The molecule has 124 valence electrons. The van der Waals surface area contributed by atoms with Crippen LogP contribution in [-0.4, -0.2) is 60.8 Å². The van der Waals surface area contributed by atoms with Gasteiger partial charge in [0.25, 0.3) is 0 Å². The first-order valence-electron chi connectivity index (χ1n) is 3.24. The van der Waals surface area contributed by atoms with Gasteiger partial charge in [0.15, 0.2) is 0 Å². The topological polar surface area (TPSA) is 270 Å². The van der Waals surface area contributed by atoms with Crippen molar-refractivity contribution in [2.75, 3.05) is 0 Å². The molecule has 0 saturated heterocycles. The van der Waals surface area contributed by atoms with Crippen LogP contribution in [0.4, 0.5) is 19.2 Å². The van der Waals surface area contributed by atoms with E-state index in [0.717, 1.165) is 0 Å². The monoisotopic (exact) mass is 451 g/mol.